The van der Waals surface area contributed by atoms with Gasteiger partial charge in [-0.25, -0.2) is 0 Å². The molecule has 3 nitrogen and oxygen atoms in total. The van der Waals surface area contributed by atoms with E-state index in [9.17, 15) is 4.79 Å². The van der Waals surface area contributed by atoms with Crippen molar-refractivity contribution in [1.82, 2.24) is 4.90 Å². The molecular weight excluding hydrogens is 238 g/mol. The molecule has 1 N–H and O–H groups in total. The molecule has 0 heterocycles. The second-order valence-electron chi connectivity index (χ2n) is 5.57. The van der Waals surface area contributed by atoms with Crippen molar-refractivity contribution in [2.75, 3.05) is 13.7 Å². The molecule has 0 atom stereocenters. The quantitative estimate of drug-likeness (QED) is 0.826. The Labute approximate surface area is 115 Å². The molecule has 0 saturated carbocycles. The van der Waals surface area contributed by atoms with Crippen LogP contribution in [0.3, 0.4) is 0 Å². The third-order valence-electron chi connectivity index (χ3n) is 2.67. The summed E-state index contributed by atoms with van der Waals surface area (Å²) in [5, 5.41) is 8.62. The molecule has 0 aliphatic rings. The number of rotatable bonds is 2. The molecule has 0 aromatic heterocycles. The number of nitrogens with zero attached hydrogens (tertiary/aromatic N) is 1. The number of hydrogen-bond acceptors (Lipinski definition) is 2. The van der Waals surface area contributed by atoms with E-state index in [0.717, 1.165) is 11.1 Å². The van der Waals surface area contributed by atoms with Gasteiger partial charge in [0.15, 0.2) is 0 Å². The van der Waals surface area contributed by atoms with Gasteiger partial charge in [-0.05, 0) is 17.7 Å². The van der Waals surface area contributed by atoms with E-state index in [1.165, 1.54) is 0 Å². The van der Waals surface area contributed by atoms with Gasteiger partial charge in [0.1, 0.15) is 6.61 Å². The summed E-state index contributed by atoms with van der Waals surface area (Å²) in [6.45, 7) is 6.20. The Morgan fingerprint density at radius 1 is 1.26 bits per heavy atom. The zero-order valence-electron chi connectivity index (χ0n) is 12.0. The Morgan fingerprint density at radius 3 is 2.32 bits per heavy atom. The third kappa shape index (κ3) is 4.76. The van der Waals surface area contributed by atoms with E-state index in [1.54, 1.807) is 4.90 Å². The largest absolute Gasteiger partial charge is 0.384 e. The zero-order chi connectivity index (χ0) is 14.5. The average molecular weight is 259 g/mol. The van der Waals surface area contributed by atoms with Gasteiger partial charge in [0.05, 0.1) is 0 Å². The lowest BCUT2D eigenvalue weighted by atomic mass is 9.95. The van der Waals surface area contributed by atoms with Crippen molar-refractivity contribution in [2.45, 2.75) is 27.3 Å². The second kappa shape index (κ2) is 6.40. The molecule has 1 aromatic rings. The van der Waals surface area contributed by atoms with Gasteiger partial charge in [-0.15, -0.1) is 0 Å². The minimum Gasteiger partial charge on any atom is -0.384 e. The highest BCUT2D eigenvalue weighted by Crippen LogP contribution is 2.18. The summed E-state index contributed by atoms with van der Waals surface area (Å²) in [5.41, 5.74) is 1.57. The normalized spacial score (nSPS) is 10.6. The summed E-state index contributed by atoms with van der Waals surface area (Å²) in [6.07, 6.45) is 0. The van der Waals surface area contributed by atoms with Gasteiger partial charge < -0.3 is 10.0 Å². The van der Waals surface area contributed by atoms with Gasteiger partial charge in [0, 0.05) is 24.6 Å². The van der Waals surface area contributed by atoms with Crippen LogP contribution in [0.5, 0.6) is 0 Å². The minimum absolute atomic E-state index is 0.122. The number of carbonyl (C=O) groups excluding carboxylic acids is 1. The molecule has 1 aromatic carbocycles. The number of carbonyl (C=O) groups is 1. The molecule has 19 heavy (non-hydrogen) atoms. The zero-order valence-corrected chi connectivity index (χ0v) is 12.0. The molecule has 0 aliphatic heterocycles. The van der Waals surface area contributed by atoms with Crippen LogP contribution in [-0.2, 0) is 11.3 Å². The van der Waals surface area contributed by atoms with Crippen molar-refractivity contribution < 1.29 is 9.90 Å². The van der Waals surface area contributed by atoms with Crippen molar-refractivity contribution in [1.29, 1.82) is 0 Å². The lowest BCUT2D eigenvalue weighted by Crippen LogP contribution is -2.36. The topological polar surface area (TPSA) is 40.5 Å². The van der Waals surface area contributed by atoms with E-state index in [4.69, 9.17) is 5.11 Å². The SMILES string of the molecule is CN(Cc1ccc(C#CCO)cc1)C(=O)C(C)(C)C. The molecule has 0 radical (unpaired) electrons. The van der Waals surface area contributed by atoms with Crippen molar-refractivity contribution in [3.05, 3.63) is 35.4 Å². The third-order valence-corrected chi connectivity index (χ3v) is 2.67. The minimum atomic E-state index is -0.360. The molecule has 0 spiro atoms. The summed E-state index contributed by atoms with van der Waals surface area (Å²) in [4.78, 5) is 13.8. The summed E-state index contributed by atoms with van der Waals surface area (Å²) in [7, 11) is 1.81. The van der Waals surface area contributed by atoms with Gasteiger partial charge in [-0.3, -0.25) is 4.79 Å². The first kappa shape index (κ1) is 15.3. The smallest absolute Gasteiger partial charge is 0.227 e. The van der Waals surface area contributed by atoms with Crippen LogP contribution in [0.4, 0.5) is 0 Å². The first-order valence-corrected chi connectivity index (χ1v) is 6.29. The highest BCUT2D eigenvalue weighted by molar-refractivity contribution is 5.81. The molecule has 1 amide bonds. The van der Waals surface area contributed by atoms with E-state index >= 15 is 0 Å². The van der Waals surface area contributed by atoms with Crippen molar-refractivity contribution >= 4 is 5.91 Å². The molecule has 0 aliphatic carbocycles. The first-order chi connectivity index (χ1) is 8.84. The summed E-state index contributed by atoms with van der Waals surface area (Å²) >= 11 is 0. The van der Waals surface area contributed by atoms with E-state index in [0.29, 0.717) is 6.54 Å². The van der Waals surface area contributed by atoms with E-state index in [2.05, 4.69) is 11.8 Å². The van der Waals surface area contributed by atoms with Crippen molar-refractivity contribution in [2.24, 2.45) is 5.41 Å². The van der Waals surface area contributed by atoms with Gasteiger partial charge in [0.2, 0.25) is 5.91 Å². The van der Waals surface area contributed by atoms with Crippen LogP contribution in [0, 0.1) is 17.3 Å². The molecular formula is C16H21NO2. The highest BCUT2D eigenvalue weighted by Gasteiger charge is 2.24. The van der Waals surface area contributed by atoms with Crippen molar-refractivity contribution in [3.63, 3.8) is 0 Å². The van der Waals surface area contributed by atoms with E-state index in [-0.39, 0.29) is 17.9 Å². The molecule has 102 valence electrons. The fraction of sp³-hybridized carbons (Fsp3) is 0.438. The van der Waals surface area contributed by atoms with Crippen LogP contribution in [-0.4, -0.2) is 29.6 Å². The van der Waals surface area contributed by atoms with Gasteiger partial charge in [-0.1, -0.05) is 44.7 Å². The Kier molecular flexibility index (Phi) is 5.14. The van der Waals surface area contributed by atoms with Crippen LogP contribution in [0.25, 0.3) is 0 Å². The van der Waals surface area contributed by atoms with Crippen LogP contribution in [0.1, 0.15) is 31.9 Å². The maximum atomic E-state index is 12.1. The number of aliphatic hydroxyl groups is 1. The molecule has 0 fully saturated rings. The molecule has 3 heteroatoms. The fourth-order valence-corrected chi connectivity index (χ4v) is 1.75. The summed E-state index contributed by atoms with van der Waals surface area (Å²) < 4.78 is 0. The molecule has 0 bridgehead atoms. The van der Waals surface area contributed by atoms with Crippen molar-refractivity contribution in [3.8, 4) is 11.8 Å². The molecule has 0 unspecified atom stereocenters. The van der Waals surface area contributed by atoms with Gasteiger partial charge in [0.25, 0.3) is 0 Å². The number of hydrogen-bond donors (Lipinski definition) is 1. The Morgan fingerprint density at radius 2 is 1.84 bits per heavy atom. The Hall–Kier alpha value is -1.79. The summed E-state index contributed by atoms with van der Waals surface area (Å²) in [5.74, 6) is 5.57. The number of aliphatic hydroxyl groups excluding tert-OH is 1. The summed E-state index contributed by atoms with van der Waals surface area (Å²) in [6, 6.07) is 7.70. The van der Waals surface area contributed by atoms with Crippen LogP contribution < -0.4 is 0 Å². The predicted octanol–water partition coefficient (Wildman–Crippen LogP) is 2.03. The Bertz CT molecular complexity index is 486. The number of amides is 1. The van der Waals surface area contributed by atoms with E-state index < -0.39 is 0 Å². The van der Waals surface area contributed by atoms with Crippen LogP contribution >= 0.6 is 0 Å². The molecule has 1 rings (SSSR count). The predicted molar refractivity (Wildman–Crippen MR) is 76.3 cm³/mol. The monoisotopic (exact) mass is 259 g/mol. The standard InChI is InChI=1S/C16H21NO2/c1-16(2,3)15(19)17(4)12-14-9-7-13(8-10-14)6-5-11-18/h7-10,18H,11-12H2,1-4H3. The maximum Gasteiger partial charge on any atom is 0.227 e. The van der Waals surface area contributed by atoms with Gasteiger partial charge >= 0.3 is 0 Å². The Balaban J connectivity index is 2.70. The van der Waals surface area contributed by atoms with Gasteiger partial charge in [-0.2, -0.15) is 0 Å². The second-order valence-corrected chi connectivity index (χ2v) is 5.57. The maximum absolute atomic E-state index is 12.1. The number of benzene rings is 1. The average Bonchev–Trinajstić information content (AvgIpc) is 2.36. The van der Waals surface area contributed by atoms with Crippen LogP contribution in [0.2, 0.25) is 0 Å². The fourth-order valence-electron chi connectivity index (χ4n) is 1.75. The lowest BCUT2D eigenvalue weighted by molar-refractivity contribution is -0.138. The lowest BCUT2D eigenvalue weighted by Gasteiger charge is -2.26. The van der Waals surface area contributed by atoms with Crippen LogP contribution in [0.15, 0.2) is 24.3 Å². The first-order valence-electron chi connectivity index (χ1n) is 6.29. The molecule has 0 saturated heterocycles. The van der Waals surface area contributed by atoms with E-state index in [1.807, 2.05) is 52.1 Å². The highest BCUT2D eigenvalue weighted by atomic mass is 16.2.